The quantitative estimate of drug-likeness (QED) is 0.0169. The van der Waals surface area contributed by atoms with Crippen LogP contribution in [-0.4, -0.2) is 96.7 Å². The van der Waals surface area contributed by atoms with E-state index in [1.165, 1.54) is 70.6 Å². The number of phosphoric acid groups is 2. The van der Waals surface area contributed by atoms with Gasteiger partial charge in [-0.3, -0.25) is 37.3 Å². The van der Waals surface area contributed by atoms with E-state index in [1.807, 2.05) is 18.2 Å². The van der Waals surface area contributed by atoms with Gasteiger partial charge in [-0.05, 0) is 135 Å². The molecule has 0 aliphatic rings. The van der Waals surface area contributed by atoms with Gasteiger partial charge in [0.25, 0.3) is 0 Å². The van der Waals surface area contributed by atoms with E-state index in [4.69, 9.17) is 37.0 Å². The Hall–Kier alpha value is -4.28. The summed E-state index contributed by atoms with van der Waals surface area (Å²) in [6.07, 6.45) is 72.6. The number of ether oxygens (including phenoxy) is 4. The first kappa shape index (κ1) is 91.7. The van der Waals surface area contributed by atoms with E-state index in [0.29, 0.717) is 25.7 Å². The highest BCUT2D eigenvalue weighted by Gasteiger charge is 2.30. The highest BCUT2D eigenvalue weighted by molar-refractivity contribution is 7.47. The van der Waals surface area contributed by atoms with Gasteiger partial charge in [0, 0.05) is 19.3 Å². The molecule has 552 valence electrons. The maximum Gasteiger partial charge on any atom is 0.472 e. The number of aliphatic hydroxyl groups is 1. The Morgan fingerprint density at radius 1 is 0.312 bits per heavy atom. The lowest BCUT2D eigenvalue weighted by Gasteiger charge is -2.21. The first-order chi connectivity index (χ1) is 46.7. The van der Waals surface area contributed by atoms with E-state index >= 15 is 0 Å². The lowest BCUT2D eigenvalue weighted by molar-refractivity contribution is -0.161. The van der Waals surface area contributed by atoms with E-state index in [2.05, 4.69) is 113 Å². The highest BCUT2D eigenvalue weighted by Crippen LogP contribution is 2.45. The fraction of sp³-hybridized carbons (Fsp3) is 0.714. The molecule has 3 N–H and O–H groups in total. The third kappa shape index (κ3) is 68.3. The van der Waals surface area contributed by atoms with Crippen LogP contribution in [0.1, 0.15) is 297 Å². The van der Waals surface area contributed by atoms with Crippen molar-refractivity contribution in [2.24, 2.45) is 0 Å². The van der Waals surface area contributed by atoms with Gasteiger partial charge in [0.2, 0.25) is 0 Å². The molecule has 0 saturated carbocycles. The van der Waals surface area contributed by atoms with Gasteiger partial charge in [-0.15, -0.1) is 0 Å². The standard InChI is InChI=1S/C77H132O17P2/c1-5-9-13-17-21-25-29-33-35-39-42-46-50-54-58-62-75(80)88-68-73(94-77(82)64-60-56-52-48-44-40-36-34-30-26-22-18-14-10-6-2)70-92-96(85,86)90-66-71(78)65-89-95(83,84)91-69-72(93-76(81)63-59-55-51-47-43-38-32-28-24-20-16-12-8-4)67-87-74(79)61-57-53-49-45-41-37-31-27-23-19-15-11-7-3/h9,13,21-22,25-28,31-36,42,46,54,58,71-73,78H,5-8,10-12,14-20,23-24,29-30,37-41,43-45,47-53,55-57,59-70H2,1-4H3,(H,83,84)(H,85,86)/b13-9-,25-21-,26-22-,31-27-,32-28-,35-33-,36-34-,46-42-,58-54-. The predicted molar refractivity (Wildman–Crippen MR) is 390 cm³/mol. The van der Waals surface area contributed by atoms with E-state index in [9.17, 15) is 43.2 Å². The van der Waals surface area contributed by atoms with Gasteiger partial charge in [-0.25, -0.2) is 9.13 Å². The van der Waals surface area contributed by atoms with Crippen LogP contribution in [0.5, 0.6) is 0 Å². The number of carbonyl (C=O) groups is 4. The van der Waals surface area contributed by atoms with Gasteiger partial charge in [0.15, 0.2) is 12.2 Å². The van der Waals surface area contributed by atoms with Crippen LogP contribution in [0.4, 0.5) is 0 Å². The molecule has 0 aliphatic heterocycles. The Labute approximate surface area is 581 Å². The average Bonchev–Trinajstić information content (AvgIpc) is 1.36. The van der Waals surface area contributed by atoms with Crippen LogP contribution in [0.2, 0.25) is 0 Å². The number of rotatable bonds is 69. The predicted octanol–water partition coefficient (Wildman–Crippen LogP) is 21.0. The second-order valence-electron chi connectivity index (χ2n) is 24.5. The molecule has 5 atom stereocenters. The molecular formula is C77H132O17P2. The van der Waals surface area contributed by atoms with Crippen molar-refractivity contribution in [3.63, 3.8) is 0 Å². The van der Waals surface area contributed by atoms with E-state index in [1.54, 1.807) is 6.08 Å². The van der Waals surface area contributed by atoms with Crippen molar-refractivity contribution in [2.45, 2.75) is 316 Å². The Morgan fingerprint density at radius 3 is 0.958 bits per heavy atom. The van der Waals surface area contributed by atoms with Crippen LogP contribution in [0.3, 0.4) is 0 Å². The molecule has 0 radical (unpaired) electrons. The Balaban J connectivity index is 5.43. The summed E-state index contributed by atoms with van der Waals surface area (Å²) in [5.41, 5.74) is 0. The minimum absolute atomic E-state index is 0.0580. The minimum atomic E-state index is -5.00. The molecule has 0 aliphatic carbocycles. The lowest BCUT2D eigenvalue weighted by Crippen LogP contribution is -2.30. The molecule has 5 unspecified atom stereocenters. The minimum Gasteiger partial charge on any atom is -0.462 e. The van der Waals surface area contributed by atoms with Crippen molar-refractivity contribution in [1.82, 2.24) is 0 Å². The van der Waals surface area contributed by atoms with Gasteiger partial charge >= 0.3 is 39.5 Å². The molecule has 19 heteroatoms. The van der Waals surface area contributed by atoms with Crippen molar-refractivity contribution < 1.29 is 80.2 Å². The van der Waals surface area contributed by atoms with Crippen molar-refractivity contribution in [3.8, 4) is 0 Å². The van der Waals surface area contributed by atoms with E-state index in [-0.39, 0.29) is 25.7 Å². The smallest absolute Gasteiger partial charge is 0.462 e. The molecule has 0 fully saturated rings. The van der Waals surface area contributed by atoms with Gasteiger partial charge in [0.05, 0.1) is 32.8 Å². The van der Waals surface area contributed by atoms with Gasteiger partial charge in [-0.1, -0.05) is 246 Å². The van der Waals surface area contributed by atoms with Crippen LogP contribution < -0.4 is 0 Å². The summed E-state index contributed by atoms with van der Waals surface area (Å²) in [6.45, 7) is 4.55. The number of carbonyl (C=O) groups excluding carboxylic acids is 4. The average molecular weight is 1390 g/mol. The van der Waals surface area contributed by atoms with Crippen LogP contribution in [0, 0.1) is 0 Å². The fourth-order valence-corrected chi connectivity index (χ4v) is 11.1. The van der Waals surface area contributed by atoms with E-state index < -0.39 is 97.5 Å². The molecule has 0 spiro atoms. The molecule has 0 saturated heterocycles. The summed E-state index contributed by atoms with van der Waals surface area (Å²) >= 11 is 0. The largest absolute Gasteiger partial charge is 0.472 e. The normalized spacial score (nSPS) is 14.6. The Kier molecular flexibility index (Phi) is 66.1. The molecule has 0 aromatic heterocycles. The molecule has 96 heavy (non-hydrogen) atoms. The summed E-state index contributed by atoms with van der Waals surface area (Å²) in [6, 6.07) is 0. The number of phosphoric ester groups is 2. The van der Waals surface area contributed by atoms with Crippen LogP contribution in [0.15, 0.2) is 109 Å². The summed E-state index contributed by atoms with van der Waals surface area (Å²) in [5.74, 6) is -2.35. The molecule has 0 bridgehead atoms. The molecule has 0 heterocycles. The molecular weight excluding hydrogens is 1260 g/mol. The SMILES string of the molecule is CC/C=C\C/C=C\C/C=C\C/C=C\C/C=C\CC(=O)OCC(COP(=O)(O)OCC(O)COP(=O)(O)OCC(COC(=O)CCCCCCC/C=C\CCCCCC)OC(=O)CCCCCCC/C=C\CCCCCC)OC(=O)CCCCCCC/C=C\C/C=C\CCCCC. The third-order valence-electron chi connectivity index (χ3n) is 15.2. The number of esters is 4. The molecule has 17 nitrogen and oxygen atoms in total. The topological polar surface area (TPSA) is 237 Å². The van der Waals surface area contributed by atoms with Crippen molar-refractivity contribution in [1.29, 1.82) is 0 Å². The van der Waals surface area contributed by atoms with Crippen molar-refractivity contribution in [2.75, 3.05) is 39.6 Å². The van der Waals surface area contributed by atoms with Crippen LogP contribution >= 0.6 is 15.6 Å². The molecule has 0 rings (SSSR count). The third-order valence-corrected chi connectivity index (χ3v) is 17.1. The number of hydrogen-bond donors (Lipinski definition) is 3. The summed E-state index contributed by atoms with van der Waals surface area (Å²) in [7, 11) is -9.98. The summed E-state index contributed by atoms with van der Waals surface area (Å²) in [4.78, 5) is 72.7. The van der Waals surface area contributed by atoms with Crippen LogP contribution in [0.25, 0.3) is 0 Å². The zero-order valence-corrected chi connectivity index (χ0v) is 61.8. The first-order valence-corrected chi connectivity index (χ1v) is 40.1. The second kappa shape index (κ2) is 69.2. The monoisotopic (exact) mass is 1390 g/mol. The van der Waals surface area contributed by atoms with Crippen molar-refractivity contribution >= 4 is 39.5 Å². The Bertz CT molecular complexity index is 2250. The number of hydrogen-bond acceptors (Lipinski definition) is 15. The molecule has 0 aromatic rings. The van der Waals surface area contributed by atoms with Crippen LogP contribution in [-0.2, 0) is 65.4 Å². The number of allylic oxidation sites excluding steroid dienone is 17. The zero-order chi connectivity index (χ0) is 70.4. The lowest BCUT2D eigenvalue weighted by atomic mass is 10.1. The summed E-state index contributed by atoms with van der Waals surface area (Å²) < 4.78 is 68.2. The van der Waals surface area contributed by atoms with E-state index in [0.717, 1.165) is 148 Å². The Morgan fingerprint density at radius 2 is 0.583 bits per heavy atom. The summed E-state index contributed by atoms with van der Waals surface area (Å²) in [5, 5.41) is 10.6. The van der Waals surface area contributed by atoms with Gasteiger partial charge in [-0.2, -0.15) is 0 Å². The van der Waals surface area contributed by atoms with Gasteiger partial charge < -0.3 is 33.8 Å². The second-order valence-corrected chi connectivity index (χ2v) is 27.4. The van der Waals surface area contributed by atoms with Gasteiger partial charge in [0.1, 0.15) is 19.3 Å². The van der Waals surface area contributed by atoms with Crippen molar-refractivity contribution in [3.05, 3.63) is 109 Å². The fourth-order valence-electron chi connectivity index (χ4n) is 9.55. The zero-order valence-electron chi connectivity index (χ0n) is 60.0. The maximum absolute atomic E-state index is 13.0. The first-order valence-electron chi connectivity index (χ1n) is 37.1. The molecule has 0 aromatic carbocycles. The number of aliphatic hydroxyl groups excluding tert-OH is 1. The maximum atomic E-state index is 13.0. The number of unbranched alkanes of at least 4 members (excludes halogenated alkanes) is 26. The molecule has 0 amide bonds. The highest BCUT2D eigenvalue weighted by atomic mass is 31.2.